The number of carbonyl (C=O) groups excluding carboxylic acids is 1. The first-order valence-electron chi connectivity index (χ1n) is 4.53. The van der Waals surface area contributed by atoms with Crippen LogP contribution in [0.3, 0.4) is 0 Å². The Morgan fingerprint density at radius 3 is 2.54 bits per heavy atom. The first-order valence-corrected chi connectivity index (χ1v) is 4.53. The molecule has 0 saturated heterocycles. The molecule has 0 spiro atoms. The van der Waals surface area contributed by atoms with Crippen LogP contribution in [0.1, 0.15) is 34.1 Å². The van der Waals surface area contributed by atoms with Crippen molar-refractivity contribution in [3.05, 3.63) is 17.9 Å². The quantitative estimate of drug-likeness (QED) is 0.495. The summed E-state index contributed by atoms with van der Waals surface area (Å²) in [4.78, 5) is 10.9. The summed E-state index contributed by atoms with van der Waals surface area (Å²) in [6.07, 6.45) is 3.94. The highest BCUT2D eigenvalue weighted by atomic mass is 16.5. The molecular weight excluding hydrogens is 164 g/mol. The van der Waals surface area contributed by atoms with E-state index in [0.717, 1.165) is 0 Å². The molecule has 2 heteroatoms. The van der Waals surface area contributed by atoms with E-state index in [1.165, 1.54) is 0 Å². The Morgan fingerprint density at radius 1 is 1.46 bits per heavy atom. The Morgan fingerprint density at radius 2 is 2.08 bits per heavy atom. The van der Waals surface area contributed by atoms with Gasteiger partial charge in [-0.1, -0.05) is 20.8 Å². The second-order valence-corrected chi connectivity index (χ2v) is 3.89. The summed E-state index contributed by atoms with van der Waals surface area (Å²) in [5.74, 6) is -0.197. The highest BCUT2D eigenvalue weighted by molar-refractivity contribution is 5.70. The fourth-order valence-corrected chi connectivity index (χ4v) is 0.671. The largest absolute Gasteiger partial charge is 0.466 e. The van der Waals surface area contributed by atoms with Gasteiger partial charge in [-0.3, -0.25) is 4.79 Å². The van der Waals surface area contributed by atoms with E-state index >= 15 is 0 Å². The minimum Gasteiger partial charge on any atom is -0.466 e. The fraction of sp³-hybridized carbons (Fsp3) is 0.636. The molecule has 0 radical (unpaired) electrons. The number of carbonyl (C=O) groups is 1. The van der Waals surface area contributed by atoms with Crippen molar-refractivity contribution in [2.45, 2.75) is 34.1 Å². The lowest BCUT2D eigenvalue weighted by Gasteiger charge is -2.08. The molecule has 0 aliphatic heterocycles. The van der Waals surface area contributed by atoms with E-state index in [1.54, 1.807) is 13.0 Å². The van der Waals surface area contributed by atoms with E-state index < -0.39 is 0 Å². The number of rotatable bonds is 3. The van der Waals surface area contributed by atoms with Crippen LogP contribution >= 0.6 is 0 Å². The van der Waals surface area contributed by atoms with Gasteiger partial charge >= 0.3 is 5.97 Å². The van der Waals surface area contributed by atoms with Gasteiger partial charge in [-0.05, 0) is 24.5 Å². The molecule has 0 aromatic rings. The smallest absolute Gasteiger partial charge is 0.310 e. The third-order valence-electron chi connectivity index (χ3n) is 1.21. The summed E-state index contributed by atoms with van der Waals surface area (Å²) in [6, 6.07) is 0. The minimum absolute atomic E-state index is 0.116. The van der Waals surface area contributed by atoms with E-state index in [2.05, 4.69) is 26.5 Å². The van der Waals surface area contributed by atoms with Gasteiger partial charge in [-0.2, -0.15) is 0 Å². The van der Waals surface area contributed by atoms with Gasteiger partial charge in [0.2, 0.25) is 0 Å². The maximum Gasteiger partial charge on any atom is 0.310 e. The van der Waals surface area contributed by atoms with Crippen LogP contribution in [0.2, 0.25) is 0 Å². The van der Waals surface area contributed by atoms with Gasteiger partial charge in [0, 0.05) is 0 Å². The lowest BCUT2D eigenvalue weighted by Crippen LogP contribution is -2.01. The van der Waals surface area contributed by atoms with Crippen LogP contribution in [-0.2, 0) is 9.53 Å². The fourth-order valence-electron chi connectivity index (χ4n) is 0.671. The average Bonchev–Trinajstić information content (AvgIpc) is 1.97. The molecule has 74 valence electrons. The Bertz CT molecular complexity index is 215. The Kier molecular flexibility index (Phi) is 5.17. The highest BCUT2D eigenvalue weighted by Crippen LogP contribution is 2.13. The van der Waals surface area contributed by atoms with Crippen molar-refractivity contribution in [2.75, 3.05) is 6.61 Å². The Hall–Kier alpha value is -1.01. The van der Waals surface area contributed by atoms with Crippen LogP contribution in [0.4, 0.5) is 0 Å². The van der Waals surface area contributed by atoms with Crippen molar-refractivity contribution in [1.29, 1.82) is 0 Å². The van der Waals surface area contributed by atoms with E-state index in [4.69, 9.17) is 4.74 Å². The average molecular weight is 182 g/mol. The van der Waals surface area contributed by atoms with E-state index in [-0.39, 0.29) is 11.4 Å². The summed E-state index contributed by atoms with van der Waals surface area (Å²) in [5.41, 5.74) is 3.08. The molecule has 0 unspecified atom stereocenters. The standard InChI is InChI=1S/C11H18O2/c1-5-13-10(12)8-6-7-9-11(2,3)4/h6,9H,5,8H2,1-4H3. The van der Waals surface area contributed by atoms with Gasteiger partial charge in [0.25, 0.3) is 0 Å². The topological polar surface area (TPSA) is 26.3 Å². The number of esters is 1. The second-order valence-electron chi connectivity index (χ2n) is 3.89. The maximum atomic E-state index is 10.9. The molecule has 0 aliphatic rings. The molecule has 0 aromatic heterocycles. The molecule has 0 aliphatic carbocycles. The van der Waals surface area contributed by atoms with Crippen LogP contribution in [0.15, 0.2) is 17.9 Å². The maximum absolute atomic E-state index is 10.9. The molecule has 13 heavy (non-hydrogen) atoms. The molecule has 0 bridgehead atoms. The molecule has 0 amide bonds. The van der Waals surface area contributed by atoms with Crippen molar-refractivity contribution in [3.63, 3.8) is 0 Å². The normalized spacial score (nSPS) is 10.2. The van der Waals surface area contributed by atoms with Crippen LogP contribution in [0, 0.1) is 5.41 Å². The van der Waals surface area contributed by atoms with Gasteiger partial charge < -0.3 is 4.74 Å². The van der Waals surface area contributed by atoms with Crippen molar-refractivity contribution in [3.8, 4) is 0 Å². The van der Waals surface area contributed by atoms with Gasteiger partial charge in [0.15, 0.2) is 0 Å². The lowest BCUT2D eigenvalue weighted by atomic mass is 9.97. The predicted octanol–water partition coefficient (Wildman–Crippen LogP) is 2.70. The molecule has 0 N–H and O–H groups in total. The van der Waals surface area contributed by atoms with Crippen LogP contribution in [0.25, 0.3) is 0 Å². The zero-order chi connectivity index (χ0) is 10.3. The minimum atomic E-state index is -0.197. The van der Waals surface area contributed by atoms with Crippen molar-refractivity contribution in [2.24, 2.45) is 5.41 Å². The van der Waals surface area contributed by atoms with Gasteiger partial charge in [0.05, 0.1) is 13.0 Å². The summed E-state index contributed by atoms with van der Waals surface area (Å²) in [7, 11) is 0. The molecule has 0 atom stereocenters. The zero-order valence-corrected chi connectivity index (χ0v) is 8.89. The van der Waals surface area contributed by atoms with E-state index in [9.17, 15) is 4.79 Å². The van der Waals surface area contributed by atoms with Crippen molar-refractivity contribution >= 4 is 5.97 Å². The van der Waals surface area contributed by atoms with E-state index in [0.29, 0.717) is 13.0 Å². The summed E-state index contributed by atoms with van der Waals surface area (Å²) in [6.45, 7) is 8.48. The van der Waals surface area contributed by atoms with Gasteiger partial charge in [0.1, 0.15) is 0 Å². The van der Waals surface area contributed by atoms with E-state index in [1.807, 2.05) is 6.08 Å². The Balaban J connectivity index is 3.88. The SMILES string of the molecule is CCOC(=O)CC=C=CC(C)(C)C. The predicted molar refractivity (Wildman–Crippen MR) is 53.4 cm³/mol. The summed E-state index contributed by atoms with van der Waals surface area (Å²) in [5, 5.41) is 0. The number of ether oxygens (including phenoxy) is 1. The van der Waals surface area contributed by atoms with Crippen molar-refractivity contribution in [1.82, 2.24) is 0 Å². The first kappa shape index (κ1) is 12.0. The third kappa shape index (κ3) is 8.90. The van der Waals surface area contributed by atoms with Gasteiger partial charge in [-0.25, -0.2) is 0 Å². The third-order valence-corrected chi connectivity index (χ3v) is 1.21. The van der Waals surface area contributed by atoms with Crippen molar-refractivity contribution < 1.29 is 9.53 Å². The lowest BCUT2D eigenvalue weighted by molar-refractivity contribution is -0.142. The zero-order valence-electron chi connectivity index (χ0n) is 8.89. The monoisotopic (exact) mass is 182 g/mol. The molecule has 0 heterocycles. The van der Waals surface area contributed by atoms with Crippen LogP contribution < -0.4 is 0 Å². The molecule has 0 fully saturated rings. The summed E-state index contributed by atoms with van der Waals surface area (Å²) < 4.78 is 4.75. The van der Waals surface area contributed by atoms with Crippen LogP contribution in [0.5, 0.6) is 0 Å². The van der Waals surface area contributed by atoms with Crippen LogP contribution in [-0.4, -0.2) is 12.6 Å². The highest BCUT2D eigenvalue weighted by Gasteiger charge is 2.02. The Labute approximate surface area is 80.3 Å². The first-order chi connectivity index (χ1) is 5.95. The second kappa shape index (κ2) is 5.60. The molecular formula is C11H18O2. The number of hydrogen-bond acceptors (Lipinski definition) is 2. The summed E-state index contributed by atoms with van der Waals surface area (Å²) >= 11 is 0. The molecule has 2 nitrogen and oxygen atoms in total. The molecule has 0 rings (SSSR count). The van der Waals surface area contributed by atoms with Gasteiger partial charge in [-0.15, -0.1) is 5.73 Å². The molecule has 0 aromatic carbocycles. The number of hydrogen-bond donors (Lipinski definition) is 0. The molecule has 0 saturated carbocycles.